The summed E-state index contributed by atoms with van der Waals surface area (Å²) in [7, 11) is 8.75. The molecule has 0 aliphatic heterocycles. The van der Waals surface area contributed by atoms with Gasteiger partial charge in [0.15, 0.2) is 0 Å². The van der Waals surface area contributed by atoms with Crippen molar-refractivity contribution in [2.45, 2.75) is 149 Å². The average molecular weight is 583 g/mol. The zero-order valence-electron chi connectivity index (χ0n) is 27.1. The van der Waals surface area contributed by atoms with Crippen LogP contribution in [-0.2, 0) is 0 Å². The lowest BCUT2D eigenvalue weighted by molar-refractivity contribution is 0.343. The Labute approximate surface area is 255 Å². The fourth-order valence-electron chi connectivity index (χ4n) is 4.79. The Morgan fingerprint density at radius 3 is 1.23 bits per heavy atom. The summed E-state index contributed by atoms with van der Waals surface area (Å²) in [4.78, 5) is 5.07. The number of rotatable bonds is 32. The first kappa shape index (κ1) is 39.1. The van der Waals surface area contributed by atoms with E-state index in [4.69, 9.17) is 0 Å². The topological polar surface area (TPSA) is 6.48 Å². The largest absolute Gasteiger partial charge is 0.306 e. The van der Waals surface area contributed by atoms with Crippen LogP contribution in [0.1, 0.15) is 149 Å². The summed E-state index contributed by atoms with van der Waals surface area (Å²) in [6, 6.07) is 0. The third-order valence-corrected chi connectivity index (χ3v) is 9.95. The molecule has 39 heavy (non-hydrogen) atoms. The molecular formula is C35H70N2S2. The van der Waals surface area contributed by atoms with E-state index in [1.165, 1.54) is 166 Å². The van der Waals surface area contributed by atoms with Crippen LogP contribution >= 0.6 is 21.6 Å². The Hall–Kier alpha value is 0.1000. The van der Waals surface area contributed by atoms with Gasteiger partial charge in [-0.15, -0.1) is 0 Å². The van der Waals surface area contributed by atoms with Crippen molar-refractivity contribution in [1.29, 1.82) is 0 Å². The molecule has 0 aromatic carbocycles. The molecule has 2 nitrogen and oxygen atoms in total. The standard InChI is InChI=1S/C35H70N2S2/c1-5-7-9-11-13-15-16-17-18-19-20-21-23-25-27-29-31-37(4)33-35-39-38-34-32-36(3)30-28-26-24-22-14-12-10-8-6-2/h13,15,17-18H,5-12,14,16,19-35H2,1-4H3/b15-13-,18-17-. The first-order chi connectivity index (χ1) is 19.2. The fourth-order valence-corrected chi connectivity index (χ4v) is 6.95. The number of hydrogen-bond acceptors (Lipinski definition) is 4. The SMILES string of the molecule is CCCCC/C=C\C/C=C\CCCCCCCCN(C)CCSSCCN(C)CCCCCCCCCCC. The van der Waals surface area contributed by atoms with Crippen LogP contribution in [0.2, 0.25) is 0 Å². The monoisotopic (exact) mass is 582 g/mol. The molecule has 0 heterocycles. The quantitative estimate of drug-likeness (QED) is 0.0442. The van der Waals surface area contributed by atoms with Gasteiger partial charge < -0.3 is 9.80 Å². The number of hydrogen-bond donors (Lipinski definition) is 0. The Morgan fingerprint density at radius 2 is 0.769 bits per heavy atom. The summed E-state index contributed by atoms with van der Waals surface area (Å²) in [5.74, 6) is 2.51. The predicted molar refractivity (Wildman–Crippen MR) is 186 cm³/mol. The molecule has 0 unspecified atom stereocenters. The molecule has 0 saturated heterocycles. The van der Waals surface area contributed by atoms with Crippen LogP contribution in [0.15, 0.2) is 24.3 Å². The minimum absolute atomic E-state index is 1.12. The first-order valence-electron chi connectivity index (χ1n) is 17.1. The second kappa shape index (κ2) is 34.3. The molecule has 0 aliphatic carbocycles. The van der Waals surface area contributed by atoms with E-state index < -0.39 is 0 Å². The minimum Gasteiger partial charge on any atom is -0.306 e. The molecule has 4 heteroatoms. The first-order valence-corrected chi connectivity index (χ1v) is 19.6. The van der Waals surface area contributed by atoms with Gasteiger partial charge in [0.1, 0.15) is 0 Å². The molecule has 0 atom stereocenters. The van der Waals surface area contributed by atoms with Crippen LogP contribution in [-0.4, -0.2) is 61.6 Å². The highest BCUT2D eigenvalue weighted by atomic mass is 33.1. The van der Waals surface area contributed by atoms with Crippen molar-refractivity contribution < 1.29 is 0 Å². The second-order valence-electron chi connectivity index (χ2n) is 11.7. The van der Waals surface area contributed by atoms with E-state index in [2.05, 4.69) is 83.6 Å². The summed E-state index contributed by atoms with van der Waals surface area (Å²) in [5, 5.41) is 0. The van der Waals surface area contributed by atoms with Crippen molar-refractivity contribution in [3.05, 3.63) is 24.3 Å². The van der Waals surface area contributed by atoms with Crippen LogP contribution < -0.4 is 0 Å². The molecule has 0 aliphatic rings. The van der Waals surface area contributed by atoms with E-state index in [0.29, 0.717) is 0 Å². The Kier molecular flexibility index (Phi) is 34.4. The molecule has 0 spiro atoms. The number of allylic oxidation sites excluding steroid dienone is 4. The Bertz CT molecular complexity index is 509. The van der Waals surface area contributed by atoms with E-state index in [-0.39, 0.29) is 0 Å². The van der Waals surface area contributed by atoms with Gasteiger partial charge in [-0.2, -0.15) is 0 Å². The zero-order valence-corrected chi connectivity index (χ0v) is 28.7. The van der Waals surface area contributed by atoms with Gasteiger partial charge in [0.05, 0.1) is 0 Å². The average Bonchev–Trinajstić information content (AvgIpc) is 2.93. The van der Waals surface area contributed by atoms with E-state index in [9.17, 15) is 0 Å². The fraction of sp³-hybridized carbons (Fsp3) is 0.886. The lowest BCUT2D eigenvalue weighted by Crippen LogP contribution is -2.23. The number of unbranched alkanes of at least 4 members (excludes halogenated alkanes) is 17. The molecule has 0 bridgehead atoms. The number of nitrogens with zero attached hydrogens (tertiary/aromatic N) is 2. The van der Waals surface area contributed by atoms with Gasteiger partial charge in [-0.25, -0.2) is 0 Å². The van der Waals surface area contributed by atoms with Crippen LogP contribution in [0.4, 0.5) is 0 Å². The molecule has 232 valence electrons. The van der Waals surface area contributed by atoms with Crippen LogP contribution in [0.25, 0.3) is 0 Å². The lowest BCUT2D eigenvalue weighted by atomic mass is 10.1. The third kappa shape index (κ3) is 34.2. The van der Waals surface area contributed by atoms with E-state index in [0.717, 1.165) is 6.42 Å². The zero-order chi connectivity index (χ0) is 28.5. The summed E-state index contributed by atoms with van der Waals surface area (Å²) in [6.07, 6.45) is 38.3. The lowest BCUT2D eigenvalue weighted by Gasteiger charge is -2.17. The van der Waals surface area contributed by atoms with Gasteiger partial charge in [-0.3, -0.25) is 0 Å². The van der Waals surface area contributed by atoms with E-state index in [1.807, 2.05) is 0 Å². The normalized spacial score (nSPS) is 12.3. The minimum atomic E-state index is 1.12. The predicted octanol–water partition coefficient (Wildman–Crippen LogP) is 11.6. The van der Waals surface area contributed by atoms with Gasteiger partial charge in [0.25, 0.3) is 0 Å². The summed E-state index contributed by atoms with van der Waals surface area (Å²) >= 11 is 0. The smallest absolute Gasteiger partial charge is 0.0165 e. The highest BCUT2D eigenvalue weighted by Crippen LogP contribution is 2.21. The van der Waals surface area contributed by atoms with Gasteiger partial charge in [-0.1, -0.05) is 150 Å². The Morgan fingerprint density at radius 1 is 0.410 bits per heavy atom. The highest BCUT2D eigenvalue weighted by molar-refractivity contribution is 8.76. The second-order valence-corrected chi connectivity index (χ2v) is 14.4. The van der Waals surface area contributed by atoms with E-state index >= 15 is 0 Å². The molecule has 0 fully saturated rings. The molecule has 0 rings (SSSR count). The van der Waals surface area contributed by atoms with Crippen molar-refractivity contribution in [3.63, 3.8) is 0 Å². The molecule has 0 saturated carbocycles. The third-order valence-electron chi connectivity index (χ3n) is 7.58. The van der Waals surface area contributed by atoms with Crippen molar-refractivity contribution in [2.24, 2.45) is 0 Å². The van der Waals surface area contributed by atoms with Crippen LogP contribution in [0.3, 0.4) is 0 Å². The summed E-state index contributed by atoms with van der Waals surface area (Å²) < 4.78 is 0. The van der Waals surface area contributed by atoms with Crippen molar-refractivity contribution >= 4 is 21.6 Å². The maximum Gasteiger partial charge on any atom is 0.0165 e. The van der Waals surface area contributed by atoms with E-state index in [1.54, 1.807) is 0 Å². The van der Waals surface area contributed by atoms with Gasteiger partial charge in [0.2, 0.25) is 0 Å². The molecule has 0 amide bonds. The molecule has 0 aromatic heterocycles. The maximum absolute atomic E-state index is 2.53. The van der Waals surface area contributed by atoms with Crippen molar-refractivity contribution in [3.8, 4) is 0 Å². The van der Waals surface area contributed by atoms with Gasteiger partial charge in [0, 0.05) is 24.6 Å². The Balaban J connectivity index is 3.31. The highest BCUT2D eigenvalue weighted by Gasteiger charge is 2.02. The molecule has 0 radical (unpaired) electrons. The summed E-state index contributed by atoms with van der Waals surface area (Å²) in [5.41, 5.74) is 0. The molecular weight excluding hydrogens is 513 g/mol. The van der Waals surface area contributed by atoms with Crippen LogP contribution in [0, 0.1) is 0 Å². The molecule has 0 N–H and O–H groups in total. The summed E-state index contributed by atoms with van der Waals surface area (Å²) in [6.45, 7) is 9.57. The van der Waals surface area contributed by atoms with Crippen molar-refractivity contribution in [1.82, 2.24) is 9.80 Å². The van der Waals surface area contributed by atoms with Crippen molar-refractivity contribution in [2.75, 3.05) is 51.8 Å². The van der Waals surface area contributed by atoms with Gasteiger partial charge >= 0.3 is 0 Å². The maximum atomic E-state index is 2.53. The van der Waals surface area contributed by atoms with Crippen LogP contribution in [0.5, 0.6) is 0 Å². The molecule has 0 aromatic rings. The van der Waals surface area contributed by atoms with Gasteiger partial charge in [-0.05, 0) is 72.1 Å².